The lowest BCUT2D eigenvalue weighted by atomic mass is 10.2. The highest BCUT2D eigenvalue weighted by atomic mass is 16.3. The molecule has 2 heterocycles. The molecule has 94 valence electrons. The SMILES string of the molecule is CN(CCc1ccccn1)CC1CC(O)CN1. The Morgan fingerprint density at radius 1 is 1.53 bits per heavy atom. The molecule has 0 saturated carbocycles. The van der Waals surface area contributed by atoms with Gasteiger partial charge in [0.15, 0.2) is 0 Å². The molecule has 2 N–H and O–H groups in total. The number of aromatic nitrogens is 1. The number of nitrogens with zero attached hydrogens (tertiary/aromatic N) is 2. The summed E-state index contributed by atoms with van der Waals surface area (Å²) >= 11 is 0. The average molecular weight is 235 g/mol. The first-order chi connectivity index (χ1) is 8.24. The zero-order chi connectivity index (χ0) is 12.1. The van der Waals surface area contributed by atoms with Crippen molar-refractivity contribution in [3.05, 3.63) is 30.1 Å². The number of rotatable bonds is 5. The molecule has 1 aliphatic heterocycles. The zero-order valence-corrected chi connectivity index (χ0v) is 10.3. The van der Waals surface area contributed by atoms with Gasteiger partial charge in [-0.1, -0.05) is 6.07 Å². The van der Waals surface area contributed by atoms with Gasteiger partial charge in [-0.15, -0.1) is 0 Å². The van der Waals surface area contributed by atoms with Gasteiger partial charge in [-0.3, -0.25) is 4.98 Å². The molecule has 0 aromatic carbocycles. The van der Waals surface area contributed by atoms with E-state index in [1.165, 1.54) is 0 Å². The predicted molar refractivity (Wildman–Crippen MR) is 67.9 cm³/mol. The minimum atomic E-state index is -0.163. The van der Waals surface area contributed by atoms with Crippen LogP contribution in [0.5, 0.6) is 0 Å². The van der Waals surface area contributed by atoms with E-state index in [0.717, 1.165) is 38.2 Å². The number of aliphatic hydroxyl groups excluding tert-OH is 1. The molecule has 2 rings (SSSR count). The van der Waals surface area contributed by atoms with Crippen LogP contribution >= 0.6 is 0 Å². The van der Waals surface area contributed by atoms with Crippen molar-refractivity contribution in [3.63, 3.8) is 0 Å². The van der Waals surface area contributed by atoms with Crippen molar-refractivity contribution >= 4 is 0 Å². The van der Waals surface area contributed by atoms with Crippen LogP contribution in [0.1, 0.15) is 12.1 Å². The van der Waals surface area contributed by atoms with Crippen molar-refractivity contribution in [2.45, 2.75) is 25.0 Å². The predicted octanol–water partition coefficient (Wildman–Crippen LogP) is 0.279. The molecule has 1 saturated heterocycles. The van der Waals surface area contributed by atoms with E-state index in [1.807, 2.05) is 18.3 Å². The number of nitrogens with one attached hydrogen (secondary N) is 1. The summed E-state index contributed by atoms with van der Waals surface area (Å²) in [6, 6.07) is 6.46. The van der Waals surface area contributed by atoms with E-state index in [2.05, 4.69) is 28.3 Å². The van der Waals surface area contributed by atoms with E-state index in [0.29, 0.717) is 6.04 Å². The third kappa shape index (κ3) is 4.07. The molecule has 17 heavy (non-hydrogen) atoms. The number of β-amino-alcohol motifs (C(OH)–C–C–N with tert-alkyl or cyclic N) is 1. The van der Waals surface area contributed by atoms with Crippen molar-refractivity contribution in [1.82, 2.24) is 15.2 Å². The van der Waals surface area contributed by atoms with Gasteiger partial charge in [0.2, 0.25) is 0 Å². The van der Waals surface area contributed by atoms with Crippen LogP contribution in [0.2, 0.25) is 0 Å². The molecule has 2 atom stereocenters. The minimum absolute atomic E-state index is 0.163. The Bertz CT molecular complexity index is 331. The lowest BCUT2D eigenvalue weighted by Crippen LogP contribution is -2.36. The summed E-state index contributed by atoms with van der Waals surface area (Å²) in [7, 11) is 2.12. The maximum Gasteiger partial charge on any atom is 0.0680 e. The molecule has 1 fully saturated rings. The molecule has 4 heteroatoms. The van der Waals surface area contributed by atoms with Crippen LogP contribution in [0.4, 0.5) is 0 Å². The molecule has 2 unspecified atom stereocenters. The molecule has 1 aromatic rings. The lowest BCUT2D eigenvalue weighted by molar-refractivity contribution is 0.189. The van der Waals surface area contributed by atoms with Gasteiger partial charge >= 0.3 is 0 Å². The van der Waals surface area contributed by atoms with Gasteiger partial charge in [0.1, 0.15) is 0 Å². The third-order valence-electron chi connectivity index (χ3n) is 3.21. The molecule has 0 bridgehead atoms. The molecule has 0 amide bonds. The minimum Gasteiger partial charge on any atom is -0.392 e. The summed E-state index contributed by atoms with van der Waals surface area (Å²) in [5, 5.41) is 12.8. The van der Waals surface area contributed by atoms with Gasteiger partial charge in [-0.25, -0.2) is 0 Å². The van der Waals surface area contributed by atoms with Gasteiger partial charge in [-0.05, 0) is 25.6 Å². The smallest absolute Gasteiger partial charge is 0.0680 e. The zero-order valence-electron chi connectivity index (χ0n) is 10.3. The highest BCUT2D eigenvalue weighted by Crippen LogP contribution is 2.07. The largest absolute Gasteiger partial charge is 0.392 e. The Kier molecular flexibility index (Phi) is 4.48. The van der Waals surface area contributed by atoms with Crippen molar-refractivity contribution in [2.24, 2.45) is 0 Å². The maximum atomic E-state index is 9.43. The fraction of sp³-hybridized carbons (Fsp3) is 0.615. The third-order valence-corrected chi connectivity index (χ3v) is 3.21. The van der Waals surface area contributed by atoms with E-state index in [1.54, 1.807) is 0 Å². The van der Waals surface area contributed by atoms with Crippen molar-refractivity contribution in [1.29, 1.82) is 0 Å². The molecule has 0 radical (unpaired) electrons. The van der Waals surface area contributed by atoms with Crippen molar-refractivity contribution < 1.29 is 5.11 Å². The number of likely N-dealkylation sites (N-methyl/N-ethyl adjacent to an activating group) is 1. The number of aliphatic hydroxyl groups is 1. The topological polar surface area (TPSA) is 48.4 Å². The first kappa shape index (κ1) is 12.5. The Hall–Kier alpha value is -0.970. The Balaban J connectivity index is 1.69. The quantitative estimate of drug-likeness (QED) is 0.769. The van der Waals surface area contributed by atoms with Gasteiger partial charge in [-0.2, -0.15) is 0 Å². The number of hydrogen-bond donors (Lipinski definition) is 2. The van der Waals surface area contributed by atoms with Gasteiger partial charge in [0.05, 0.1) is 6.10 Å². The molecule has 1 aliphatic rings. The maximum absolute atomic E-state index is 9.43. The second kappa shape index (κ2) is 6.10. The van der Waals surface area contributed by atoms with Crippen LogP contribution < -0.4 is 5.32 Å². The summed E-state index contributed by atoms with van der Waals surface area (Å²) < 4.78 is 0. The summed E-state index contributed by atoms with van der Waals surface area (Å²) in [6.45, 7) is 2.73. The summed E-state index contributed by atoms with van der Waals surface area (Å²) in [5.74, 6) is 0. The second-order valence-corrected chi connectivity index (χ2v) is 4.83. The van der Waals surface area contributed by atoms with Crippen LogP contribution in [0.3, 0.4) is 0 Å². The van der Waals surface area contributed by atoms with Gasteiger partial charge in [0.25, 0.3) is 0 Å². The molecular weight excluding hydrogens is 214 g/mol. The first-order valence-electron chi connectivity index (χ1n) is 6.24. The standard InChI is InChI=1S/C13H21N3O/c1-16(10-12-8-13(17)9-15-12)7-5-11-4-2-3-6-14-11/h2-4,6,12-13,15,17H,5,7-10H2,1H3. The fourth-order valence-electron chi connectivity index (χ4n) is 2.26. The monoisotopic (exact) mass is 235 g/mol. The van der Waals surface area contributed by atoms with Crippen LogP contribution in [0, 0.1) is 0 Å². The van der Waals surface area contributed by atoms with Crippen molar-refractivity contribution in [3.8, 4) is 0 Å². The summed E-state index contributed by atoms with van der Waals surface area (Å²) in [4.78, 5) is 6.61. The van der Waals surface area contributed by atoms with E-state index in [4.69, 9.17) is 0 Å². The molecule has 0 aliphatic carbocycles. The number of hydrogen-bond acceptors (Lipinski definition) is 4. The van der Waals surface area contributed by atoms with Gasteiger partial charge < -0.3 is 15.3 Å². The van der Waals surface area contributed by atoms with Crippen LogP contribution in [0.15, 0.2) is 24.4 Å². The van der Waals surface area contributed by atoms with E-state index < -0.39 is 0 Å². The Labute approximate surface area is 103 Å². The van der Waals surface area contributed by atoms with Crippen molar-refractivity contribution in [2.75, 3.05) is 26.7 Å². The lowest BCUT2D eigenvalue weighted by Gasteiger charge is -2.20. The van der Waals surface area contributed by atoms with Crippen LogP contribution in [0.25, 0.3) is 0 Å². The highest BCUT2D eigenvalue weighted by molar-refractivity contribution is 5.03. The van der Waals surface area contributed by atoms with Gasteiger partial charge in [0, 0.05) is 44.0 Å². The average Bonchev–Trinajstić information content (AvgIpc) is 2.73. The van der Waals surface area contributed by atoms with E-state index in [-0.39, 0.29) is 6.10 Å². The van der Waals surface area contributed by atoms with Crippen LogP contribution in [-0.4, -0.2) is 53.8 Å². The fourth-order valence-corrected chi connectivity index (χ4v) is 2.26. The van der Waals surface area contributed by atoms with E-state index in [9.17, 15) is 5.11 Å². The first-order valence-corrected chi connectivity index (χ1v) is 6.24. The number of pyridine rings is 1. The van der Waals surface area contributed by atoms with Crippen LogP contribution in [-0.2, 0) is 6.42 Å². The summed E-state index contributed by atoms with van der Waals surface area (Å²) in [5.41, 5.74) is 1.14. The highest BCUT2D eigenvalue weighted by Gasteiger charge is 2.22. The molecular formula is C13H21N3O. The van der Waals surface area contributed by atoms with E-state index >= 15 is 0 Å². The Morgan fingerprint density at radius 2 is 2.41 bits per heavy atom. The molecule has 0 spiro atoms. The molecule has 1 aromatic heterocycles. The summed E-state index contributed by atoms with van der Waals surface area (Å²) in [6.07, 6.45) is 3.52. The second-order valence-electron chi connectivity index (χ2n) is 4.83. The normalized spacial score (nSPS) is 24.4. The Morgan fingerprint density at radius 3 is 3.06 bits per heavy atom. The molecule has 4 nitrogen and oxygen atoms in total.